The van der Waals surface area contributed by atoms with Crippen LogP contribution in [0.2, 0.25) is 0 Å². The minimum atomic E-state index is -1.56. The highest BCUT2D eigenvalue weighted by atomic mass is 16.5. The van der Waals surface area contributed by atoms with Crippen molar-refractivity contribution >= 4 is 29.1 Å². The molecule has 0 N–H and O–H groups in total. The fraction of sp³-hybridized carbons (Fsp3) is 0.194. The van der Waals surface area contributed by atoms with Crippen LogP contribution >= 0.6 is 0 Å². The van der Waals surface area contributed by atoms with Gasteiger partial charge in [-0.05, 0) is 54.4 Å². The molecule has 6 nitrogen and oxygen atoms in total. The van der Waals surface area contributed by atoms with E-state index >= 15 is 0 Å². The molecule has 0 saturated carbocycles. The van der Waals surface area contributed by atoms with Gasteiger partial charge in [-0.1, -0.05) is 72.3 Å². The Kier molecular flexibility index (Phi) is 5.91. The van der Waals surface area contributed by atoms with Crippen molar-refractivity contribution < 1.29 is 23.9 Å². The van der Waals surface area contributed by atoms with Crippen molar-refractivity contribution in [2.75, 3.05) is 19.1 Å². The smallest absolute Gasteiger partial charge is 0.186 e. The molecule has 0 bridgehead atoms. The van der Waals surface area contributed by atoms with E-state index in [1.807, 2.05) is 60.4 Å². The van der Waals surface area contributed by atoms with E-state index in [1.165, 1.54) is 0 Å². The van der Waals surface area contributed by atoms with Gasteiger partial charge in [-0.25, -0.2) is 0 Å². The van der Waals surface area contributed by atoms with Gasteiger partial charge in [-0.15, -0.1) is 0 Å². The minimum Gasteiger partial charge on any atom is -0.497 e. The zero-order valence-electron chi connectivity index (χ0n) is 23.5. The first kappa shape index (κ1) is 26.0. The molecule has 42 heavy (non-hydrogen) atoms. The van der Waals surface area contributed by atoms with Crippen LogP contribution in [0.5, 0.6) is 11.5 Å². The van der Waals surface area contributed by atoms with Gasteiger partial charge < -0.3 is 14.4 Å². The number of carbonyl (C=O) groups is 3. The van der Waals surface area contributed by atoms with E-state index in [9.17, 15) is 14.4 Å². The number of hydrogen-bond acceptors (Lipinski definition) is 6. The van der Waals surface area contributed by atoms with Gasteiger partial charge in [0.1, 0.15) is 23.0 Å². The lowest BCUT2D eigenvalue weighted by atomic mass is 9.64. The summed E-state index contributed by atoms with van der Waals surface area (Å²) in [6.07, 6.45) is 3.92. The zero-order valence-corrected chi connectivity index (χ0v) is 23.5. The average molecular weight is 556 g/mol. The number of nitrogens with zero attached hydrogens (tertiary/aromatic N) is 1. The average Bonchev–Trinajstić information content (AvgIpc) is 3.46. The molecule has 4 aromatic carbocycles. The lowest BCUT2D eigenvalue weighted by molar-refractivity contribution is 0.0665. The van der Waals surface area contributed by atoms with E-state index in [1.54, 1.807) is 62.8 Å². The number of hydrogen-bond donors (Lipinski definition) is 0. The Hall–Kier alpha value is -4.97. The van der Waals surface area contributed by atoms with Crippen LogP contribution in [0.4, 0.5) is 5.69 Å². The Balaban J connectivity index is 1.55. The van der Waals surface area contributed by atoms with Gasteiger partial charge in [0.15, 0.2) is 17.3 Å². The minimum absolute atomic E-state index is 0.193. The summed E-state index contributed by atoms with van der Waals surface area (Å²) in [6.45, 7) is 2.02. The maximum Gasteiger partial charge on any atom is 0.186 e. The maximum atomic E-state index is 14.8. The summed E-state index contributed by atoms with van der Waals surface area (Å²) in [5.74, 6) is -0.373. The van der Waals surface area contributed by atoms with E-state index in [-0.39, 0.29) is 17.3 Å². The maximum absolute atomic E-state index is 14.8. The molecular weight excluding hydrogens is 526 g/mol. The summed E-state index contributed by atoms with van der Waals surface area (Å²) < 4.78 is 11.0. The van der Waals surface area contributed by atoms with Gasteiger partial charge in [0.2, 0.25) is 0 Å². The third-order valence-electron chi connectivity index (χ3n) is 9.04. The number of anilines is 1. The highest BCUT2D eigenvalue weighted by Gasteiger charge is 2.71. The summed E-state index contributed by atoms with van der Waals surface area (Å²) in [5, 5.41) is 0. The molecule has 2 heterocycles. The van der Waals surface area contributed by atoms with Gasteiger partial charge >= 0.3 is 0 Å². The molecule has 1 spiro atoms. The fourth-order valence-electron chi connectivity index (χ4n) is 7.25. The predicted octanol–water partition coefficient (Wildman–Crippen LogP) is 6.33. The van der Waals surface area contributed by atoms with Crippen LogP contribution in [0, 0.1) is 12.3 Å². The number of methoxy groups -OCH3 is 2. The highest BCUT2D eigenvalue weighted by Crippen LogP contribution is 2.61. The van der Waals surface area contributed by atoms with Crippen LogP contribution in [0.25, 0.3) is 6.08 Å². The molecule has 7 rings (SSSR count). The van der Waals surface area contributed by atoms with Crippen molar-refractivity contribution in [3.8, 4) is 11.5 Å². The number of ether oxygens (including phenoxy) is 2. The number of fused-ring (bicyclic) bond motifs is 5. The number of aryl methyl sites for hydroxylation is 1. The van der Waals surface area contributed by atoms with E-state index in [0.717, 1.165) is 16.8 Å². The van der Waals surface area contributed by atoms with E-state index in [2.05, 4.69) is 6.07 Å². The molecule has 0 radical (unpaired) electrons. The summed E-state index contributed by atoms with van der Waals surface area (Å²) in [5.41, 5.74) is 3.20. The van der Waals surface area contributed by atoms with Crippen molar-refractivity contribution in [2.24, 2.45) is 5.41 Å². The Labute approximate surface area is 244 Å². The summed E-state index contributed by atoms with van der Waals surface area (Å²) >= 11 is 0. The lowest BCUT2D eigenvalue weighted by Gasteiger charge is -2.37. The van der Waals surface area contributed by atoms with Crippen LogP contribution in [0.15, 0.2) is 97.1 Å². The molecule has 0 aromatic heterocycles. The molecule has 6 heteroatoms. The van der Waals surface area contributed by atoms with Crippen molar-refractivity contribution in [3.63, 3.8) is 0 Å². The molecule has 0 unspecified atom stereocenters. The Morgan fingerprint density at radius 3 is 2.14 bits per heavy atom. The number of rotatable bonds is 5. The molecule has 1 aliphatic carbocycles. The van der Waals surface area contributed by atoms with Crippen LogP contribution in [0.3, 0.4) is 0 Å². The summed E-state index contributed by atoms with van der Waals surface area (Å²) in [6, 6.07) is 26.0. The Morgan fingerprint density at radius 1 is 0.786 bits per heavy atom. The van der Waals surface area contributed by atoms with Crippen molar-refractivity contribution in [1.29, 1.82) is 0 Å². The van der Waals surface area contributed by atoms with Gasteiger partial charge in [0, 0.05) is 28.3 Å². The Morgan fingerprint density at radius 2 is 1.45 bits per heavy atom. The van der Waals surface area contributed by atoms with Crippen LogP contribution in [0.1, 0.15) is 53.7 Å². The first-order chi connectivity index (χ1) is 20.4. The summed E-state index contributed by atoms with van der Waals surface area (Å²) in [4.78, 5) is 46.4. The molecule has 4 aromatic rings. The first-order valence-electron chi connectivity index (χ1n) is 14.0. The monoisotopic (exact) mass is 555 g/mol. The topological polar surface area (TPSA) is 72.9 Å². The van der Waals surface area contributed by atoms with Gasteiger partial charge in [-0.2, -0.15) is 0 Å². The molecular formula is C36H29NO5. The zero-order chi connectivity index (χ0) is 29.2. The van der Waals surface area contributed by atoms with Gasteiger partial charge in [-0.3, -0.25) is 14.4 Å². The molecule has 1 saturated heterocycles. The molecule has 0 amide bonds. The van der Waals surface area contributed by atoms with E-state index in [0.29, 0.717) is 33.8 Å². The Bertz CT molecular complexity index is 1790. The number of ketones is 3. The molecule has 208 valence electrons. The molecule has 3 atom stereocenters. The van der Waals surface area contributed by atoms with Crippen molar-refractivity contribution in [3.05, 3.63) is 130 Å². The van der Waals surface area contributed by atoms with Gasteiger partial charge in [0.05, 0.1) is 20.3 Å². The first-order valence-corrected chi connectivity index (χ1v) is 14.0. The van der Waals surface area contributed by atoms with Crippen molar-refractivity contribution in [2.45, 2.75) is 24.9 Å². The predicted molar refractivity (Wildman–Crippen MR) is 161 cm³/mol. The second kappa shape index (κ2) is 9.55. The normalized spacial score (nSPS) is 21.2. The largest absolute Gasteiger partial charge is 0.497 e. The quantitative estimate of drug-likeness (QED) is 0.212. The highest BCUT2D eigenvalue weighted by molar-refractivity contribution is 6.32. The SMILES string of the molecule is COc1cccc(C(=O)[C@@H]2[C@H](c3cccc(OC)c3)C3(C(=O)c4ccccc4C3=O)[C@@H]3C=Cc4cc(C)ccc4N23)c1. The number of benzene rings is 4. The third kappa shape index (κ3) is 3.48. The molecule has 3 aliphatic rings. The third-order valence-corrected chi connectivity index (χ3v) is 9.04. The van der Waals surface area contributed by atoms with E-state index < -0.39 is 23.4 Å². The standard InChI is InChI=1S/C36H29NO5/c1-21-14-16-29-22(18-21)15-17-30-36(34(39)27-12-4-5-13-28(27)35(36)40)31(23-8-6-10-25(19-23)41-2)32(37(29)30)33(38)24-9-7-11-26(20-24)42-3/h4-20,30-32H,1-3H3/t30-,31-,32-/m0/s1. The lowest BCUT2D eigenvalue weighted by Crippen LogP contribution is -2.48. The van der Waals surface area contributed by atoms with Crippen LogP contribution < -0.4 is 14.4 Å². The fourth-order valence-corrected chi connectivity index (χ4v) is 7.25. The second-order valence-corrected chi connectivity index (χ2v) is 11.1. The molecule has 1 fully saturated rings. The van der Waals surface area contributed by atoms with Crippen LogP contribution in [-0.2, 0) is 0 Å². The number of Topliss-reactive ketones (excluding diaryl/α,β-unsaturated/α-hetero) is 3. The van der Waals surface area contributed by atoms with E-state index in [4.69, 9.17) is 9.47 Å². The van der Waals surface area contributed by atoms with Gasteiger partial charge in [0.25, 0.3) is 0 Å². The van der Waals surface area contributed by atoms with Crippen LogP contribution in [-0.4, -0.2) is 43.7 Å². The second-order valence-electron chi connectivity index (χ2n) is 11.1. The summed E-state index contributed by atoms with van der Waals surface area (Å²) in [7, 11) is 3.14. The van der Waals surface area contributed by atoms with Crippen molar-refractivity contribution in [1.82, 2.24) is 0 Å². The number of carbonyl (C=O) groups excluding carboxylic acids is 3. The molecule has 2 aliphatic heterocycles.